The summed E-state index contributed by atoms with van der Waals surface area (Å²) in [5.74, 6) is 0. The SMILES string of the molecule is COC(COC(COC(C)(C)CC(C)(C)C)COC(C)(C)CC(C)(C)C)COC(COC(C)(C)CC(C)(C)C)COC(C)(C)CC(C)(C)C. The van der Waals surface area contributed by atoms with Crippen LogP contribution in [0, 0.1) is 21.7 Å². The Bertz CT molecular complexity index is 758. The summed E-state index contributed by atoms with van der Waals surface area (Å²) in [6.07, 6.45) is 2.94. The summed E-state index contributed by atoms with van der Waals surface area (Å²) in [6, 6.07) is 0. The predicted molar refractivity (Wildman–Crippen MR) is 207 cm³/mol. The van der Waals surface area contributed by atoms with Gasteiger partial charge >= 0.3 is 0 Å². The van der Waals surface area contributed by atoms with E-state index in [9.17, 15) is 0 Å². The highest BCUT2D eigenvalue weighted by atomic mass is 16.6. The van der Waals surface area contributed by atoms with Crippen LogP contribution in [-0.2, 0) is 33.2 Å². The molecule has 7 heteroatoms. The number of methoxy groups -OCH3 is 1. The molecule has 0 saturated carbocycles. The number of ether oxygens (including phenoxy) is 7. The van der Waals surface area contributed by atoms with Crippen molar-refractivity contribution in [3.63, 3.8) is 0 Å². The average molecular weight is 703 g/mol. The lowest BCUT2D eigenvalue weighted by atomic mass is 9.83. The number of hydrogen-bond donors (Lipinski definition) is 0. The van der Waals surface area contributed by atoms with Gasteiger partial charge in [-0.2, -0.15) is 0 Å². The van der Waals surface area contributed by atoms with Gasteiger partial charge in [-0.3, -0.25) is 0 Å². The van der Waals surface area contributed by atoms with E-state index >= 15 is 0 Å². The number of hydrogen-bond acceptors (Lipinski definition) is 7. The second-order valence-electron chi connectivity index (χ2n) is 22.0. The molecule has 49 heavy (non-hydrogen) atoms. The molecule has 0 fully saturated rings. The lowest BCUT2D eigenvalue weighted by molar-refractivity contribution is -0.165. The van der Waals surface area contributed by atoms with Crippen LogP contribution in [0.1, 0.15) is 164 Å². The summed E-state index contributed by atoms with van der Waals surface area (Å²) in [5.41, 5.74) is -0.569. The third kappa shape index (κ3) is 28.0. The van der Waals surface area contributed by atoms with Crippen molar-refractivity contribution in [3.05, 3.63) is 0 Å². The van der Waals surface area contributed by atoms with Crippen molar-refractivity contribution in [2.45, 2.75) is 205 Å². The molecule has 0 saturated heterocycles. The molecule has 0 aromatic carbocycles. The Kier molecular flexibility index (Phi) is 19.1. The third-order valence-electron chi connectivity index (χ3n) is 7.83. The topological polar surface area (TPSA) is 64.6 Å². The minimum Gasteiger partial charge on any atom is -0.377 e. The molecule has 0 spiro atoms. The van der Waals surface area contributed by atoms with Crippen LogP contribution in [0.2, 0.25) is 0 Å². The van der Waals surface area contributed by atoms with Gasteiger partial charge in [-0.25, -0.2) is 0 Å². The van der Waals surface area contributed by atoms with Crippen LogP contribution in [0.4, 0.5) is 0 Å². The lowest BCUT2D eigenvalue weighted by Gasteiger charge is -2.36. The van der Waals surface area contributed by atoms with Crippen LogP contribution in [0.25, 0.3) is 0 Å². The van der Waals surface area contributed by atoms with Crippen LogP contribution in [0.3, 0.4) is 0 Å². The van der Waals surface area contributed by atoms with Gasteiger partial charge in [-0.05, 0) is 103 Å². The zero-order chi connectivity index (χ0) is 38.8. The molecule has 0 aromatic rings. The number of rotatable bonds is 23. The standard InChI is InChI=1S/C42H86O7/c1-35(2,3)28-39(13,14)46-24-33(25-47-40(15,16)29-36(4,5)6)44-22-32(43-21)23-45-34(26-48-41(17,18)30-37(7,8)9)27-49-42(19,20)31-38(10,11)12/h32-34H,22-31H2,1-21H3. The van der Waals surface area contributed by atoms with Crippen molar-refractivity contribution in [2.75, 3.05) is 46.8 Å². The summed E-state index contributed by atoms with van der Waals surface area (Å²) in [6.45, 7) is 46.6. The molecule has 0 unspecified atom stereocenters. The molecule has 0 heterocycles. The monoisotopic (exact) mass is 703 g/mol. The van der Waals surface area contributed by atoms with Crippen molar-refractivity contribution in [3.8, 4) is 0 Å². The van der Waals surface area contributed by atoms with Crippen molar-refractivity contribution in [2.24, 2.45) is 21.7 Å². The first-order valence-electron chi connectivity index (χ1n) is 18.9. The van der Waals surface area contributed by atoms with E-state index in [-0.39, 0.29) is 62.4 Å². The molecule has 0 rings (SSSR count). The van der Waals surface area contributed by atoms with Crippen LogP contribution in [0.5, 0.6) is 0 Å². The van der Waals surface area contributed by atoms with Gasteiger partial charge in [0.2, 0.25) is 0 Å². The molecular formula is C42H86O7. The van der Waals surface area contributed by atoms with Gasteiger partial charge in [0.05, 0.1) is 62.0 Å². The first-order chi connectivity index (χ1) is 21.6. The maximum absolute atomic E-state index is 6.50. The minimum absolute atomic E-state index is 0.150. The molecule has 0 N–H and O–H groups in total. The molecule has 0 aliphatic rings. The molecule has 0 aromatic heterocycles. The zero-order valence-electron chi connectivity index (χ0n) is 36.7. The Hall–Kier alpha value is -0.280. The Morgan fingerprint density at radius 2 is 0.510 bits per heavy atom. The smallest absolute Gasteiger partial charge is 0.104 e. The summed E-state index contributed by atoms with van der Waals surface area (Å²) in [7, 11) is 1.71. The largest absolute Gasteiger partial charge is 0.377 e. The second kappa shape index (κ2) is 19.2. The predicted octanol–water partition coefficient (Wildman–Crippen LogP) is 10.7. The molecule has 0 radical (unpaired) electrons. The highest BCUT2D eigenvalue weighted by Gasteiger charge is 2.32. The van der Waals surface area contributed by atoms with Gasteiger partial charge in [-0.15, -0.1) is 0 Å². The minimum atomic E-state index is -0.292. The summed E-state index contributed by atoms with van der Waals surface area (Å²) >= 11 is 0. The van der Waals surface area contributed by atoms with Gasteiger partial charge < -0.3 is 33.2 Å². The van der Waals surface area contributed by atoms with E-state index in [1.165, 1.54) is 0 Å². The van der Waals surface area contributed by atoms with E-state index < -0.39 is 0 Å². The Morgan fingerprint density at radius 3 is 0.673 bits per heavy atom. The highest BCUT2D eigenvalue weighted by Crippen LogP contribution is 2.33. The van der Waals surface area contributed by atoms with Crippen molar-refractivity contribution >= 4 is 0 Å². The fraction of sp³-hybridized carbons (Fsp3) is 1.00. The molecular weight excluding hydrogens is 616 g/mol. The van der Waals surface area contributed by atoms with E-state index in [2.05, 4.69) is 138 Å². The summed E-state index contributed by atoms with van der Waals surface area (Å²) in [4.78, 5) is 0. The van der Waals surface area contributed by atoms with E-state index in [1.54, 1.807) is 7.11 Å². The average Bonchev–Trinajstić information content (AvgIpc) is 2.80. The van der Waals surface area contributed by atoms with Gasteiger partial charge in [-0.1, -0.05) is 83.1 Å². The fourth-order valence-electron chi connectivity index (χ4n) is 7.55. The Balaban J connectivity index is 5.72. The van der Waals surface area contributed by atoms with Gasteiger partial charge in [0, 0.05) is 7.11 Å². The van der Waals surface area contributed by atoms with Crippen molar-refractivity contribution in [1.82, 2.24) is 0 Å². The van der Waals surface area contributed by atoms with Crippen molar-refractivity contribution < 1.29 is 33.2 Å². The van der Waals surface area contributed by atoms with Crippen molar-refractivity contribution in [1.29, 1.82) is 0 Å². The molecule has 0 atom stereocenters. The van der Waals surface area contributed by atoms with Gasteiger partial charge in [0.1, 0.15) is 18.3 Å². The summed E-state index contributed by atoms with van der Waals surface area (Å²) in [5, 5.41) is 0. The second-order valence-corrected chi connectivity index (χ2v) is 22.0. The Labute approximate surface area is 305 Å². The molecule has 296 valence electrons. The highest BCUT2D eigenvalue weighted by molar-refractivity contribution is 4.82. The molecule has 0 amide bonds. The van der Waals surface area contributed by atoms with E-state index in [4.69, 9.17) is 33.2 Å². The zero-order valence-corrected chi connectivity index (χ0v) is 36.7. The van der Waals surface area contributed by atoms with Crippen LogP contribution in [-0.4, -0.2) is 87.5 Å². The van der Waals surface area contributed by atoms with E-state index in [1.807, 2.05) is 0 Å². The maximum atomic E-state index is 6.50. The van der Waals surface area contributed by atoms with Gasteiger partial charge in [0.25, 0.3) is 0 Å². The maximum Gasteiger partial charge on any atom is 0.104 e. The van der Waals surface area contributed by atoms with Crippen LogP contribution >= 0.6 is 0 Å². The normalized spacial score (nSPS) is 14.9. The van der Waals surface area contributed by atoms with E-state index in [0.29, 0.717) is 39.6 Å². The summed E-state index contributed by atoms with van der Waals surface area (Å²) < 4.78 is 44.8. The fourth-order valence-corrected chi connectivity index (χ4v) is 7.55. The molecule has 7 nitrogen and oxygen atoms in total. The van der Waals surface area contributed by atoms with E-state index in [0.717, 1.165) is 25.7 Å². The molecule has 0 bridgehead atoms. The van der Waals surface area contributed by atoms with Crippen LogP contribution < -0.4 is 0 Å². The molecule has 0 aliphatic heterocycles. The first kappa shape index (κ1) is 48.7. The van der Waals surface area contributed by atoms with Crippen LogP contribution in [0.15, 0.2) is 0 Å². The first-order valence-corrected chi connectivity index (χ1v) is 18.9. The lowest BCUT2D eigenvalue weighted by Crippen LogP contribution is -2.41. The van der Waals surface area contributed by atoms with Gasteiger partial charge in [0.15, 0.2) is 0 Å². The third-order valence-corrected chi connectivity index (χ3v) is 7.83. The Morgan fingerprint density at radius 1 is 0.306 bits per heavy atom. The quantitative estimate of drug-likeness (QED) is 0.105. The molecule has 0 aliphatic carbocycles.